The van der Waals surface area contributed by atoms with E-state index in [0.717, 1.165) is 5.69 Å². The van der Waals surface area contributed by atoms with Crippen molar-refractivity contribution in [3.05, 3.63) is 58.1 Å². The summed E-state index contributed by atoms with van der Waals surface area (Å²) in [6.07, 6.45) is 0.257. The van der Waals surface area contributed by atoms with Crippen LogP contribution in [0.1, 0.15) is 23.7 Å². The normalized spacial score (nSPS) is 10.2. The number of hydrogen-bond donors (Lipinski definition) is 2. The molecule has 0 radical (unpaired) electrons. The van der Waals surface area contributed by atoms with E-state index in [-0.39, 0.29) is 18.1 Å². The van der Waals surface area contributed by atoms with Crippen molar-refractivity contribution in [2.24, 2.45) is 0 Å². The van der Waals surface area contributed by atoms with Crippen LogP contribution in [-0.4, -0.2) is 18.2 Å². The predicted molar refractivity (Wildman–Crippen MR) is 94.6 cm³/mol. The number of halogens is 2. The predicted octanol–water partition coefficient (Wildman–Crippen LogP) is 4.64. The summed E-state index contributed by atoms with van der Waals surface area (Å²) in [4.78, 5) is 23.3. The van der Waals surface area contributed by atoms with Gasteiger partial charge < -0.3 is 10.6 Å². The molecule has 6 heteroatoms. The maximum atomic E-state index is 11.9. The summed E-state index contributed by atoms with van der Waals surface area (Å²) in [5.74, 6) is -0.175. The van der Waals surface area contributed by atoms with Crippen LogP contribution in [0.3, 0.4) is 0 Å². The van der Waals surface area contributed by atoms with Crippen molar-refractivity contribution < 1.29 is 9.59 Å². The Labute approximate surface area is 144 Å². The highest BCUT2D eigenvalue weighted by Gasteiger charge is 2.07. The van der Waals surface area contributed by atoms with Crippen LogP contribution in [0, 0.1) is 0 Å². The summed E-state index contributed by atoms with van der Waals surface area (Å²) in [5.41, 5.74) is 1.92. The Morgan fingerprint density at radius 1 is 1.09 bits per heavy atom. The smallest absolute Gasteiger partial charge is 0.226 e. The average molecular weight is 351 g/mol. The van der Waals surface area contributed by atoms with E-state index in [0.29, 0.717) is 27.8 Å². The quantitative estimate of drug-likeness (QED) is 0.746. The zero-order chi connectivity index (χ0) is 16.8. The topological polar surface area (TPSA) is 58.2 Å². The van der Waals surface area contributed by atoms with Crippen LogP contribution in [0.25, 0.3) is 0 Å². The van der Waals surface area contributed by atoms with Crippen LogP contribution in [0.2, 0.25) is 10.0 Å². The number of benzene rings is 2. The van der Waals surface area contributed by atoms with E-state index in [1.807, 2.05) is 6.07 Å². The molecule has 0 fully saturated rings. The molecular weight excluding hydrogens is 335 g/mol. The monoisotopic (exact) mass is 350 g/mol. The highest BCUT2D eigenvalue weighted by molar-refractivity contribution is 6.35. The Kier molecular flexibility index (Phi) is 6.02. The summed E-state index contributed by atoms with van der Waals surface area (Å²) >= 11 is 11.9. The fourth-order valence-corrected chi connectivity index (χ4v) is 2.31. The van der Waals surface area contributed by atoms with Gasteiger partial charge in [0.15, 0.2) is 5.78 Å². The highest BCUT2D eigenvalue weighted by Crippen LogP contribution is 2.25. The lowest BCUT2D eigenvalue weighted by atomic mass is 10.1. The van der Waals surface area contributed by atoms with Gasteiger partial charge in [0.05, 0.1) is 10.7 Å². The average Bonchev–Trinajstić information content (AvgIpc) is 2.51. The van der Waals surface area contributed by atoms with Crippen molar-refractivity contribution in [2.75, 3.05) is 17.2 Å². The first kappa shape index (κ1) is 17.3. The fraction of sp³-hybridized carbons (Fsp3) is 0.176. The number of carbonyl (C=O) groups is 2. The number of ketones is 1. The number of Topliss-reactive ketones (excluding diaryl/α,β-unsaturated/α-hetero) is 1. The van der Waals surface area contributed by atoms with E-state index in [1.165, 1.54) is 6.92 Å². The van der Waals surface area contributed by atoms with Crippen molar-refractivity contribution in [3.8, 4) is 0 Å². The number of amides is 1. The van der Waals surface area contributed by atoms with E-state index in [4.69, 9.17) is 23.2 Å². The van der Waals surface area contributed by atoms with Crippen molar-refractivity contribution in [1.82, 2.24) is 0 Å². The summed E-state index contributed by atoms with van der Waals surface area (Å²) in [6.45, 7) is 1.95. The maximum Gasteiger partial charge on any atom is 0.226 e. The maximum absolute atomic E-state index is 11.9. The van der Waals surface area contributed by atoms with Crippen LogP contribution >= 0.6 is 23.2 Å². The Bertz CT molecular complexity index is 732. The van der Waals surface area contributed by atoms with Gasteiger partial charge in [-0.1, -0.05) is 35.3 Å². The standard InChI is InChI=1S/C17H16Cl2N2O2/c1-11(22)12-3-2-4-14(9-12)20-8-7-17(23)21-16-10-13(18)5-6-15(16)19/h2-6,9-10,20H,7-8H2,1H3,(H,21,23). The number of carbonyl (C=O) groups excluding carboxylic acids is 2. The van der Waals surface area contributed by atoms with Gasteiger partial charge in [-0.3, -0.25) is 9.59 Å². The van der Waals surface area contributed by atoms with Gasteiger partial charge in [0.1, 0.15) is 0 Å². The minimum atomic E-state index is -0.176. The van der Waals surface area contributed by atoms with Crippen molar-refractivity contribution in [2.45, 2.75) is 13.3 Å². The third-order valence-corrected chi connectivity index (χ3v) is 3.72. The van der Waals surface area contributed by atoms with E-state index in [9.17, 15) is 9.59 Å². The van der Waals surface area contributed by atoms with Gasteiger partial charge in [-0.2, -0.15) is 0 Å². The van der Waals surface area contributed by atoms with Crippen molar-refractivity contribution >= 4 is 46.3 Å². The molecule has 2 N–H and O–H groups in total. The van der Waals surface area contributed by atoms with Crippen LogP contribution in [-0.2, 0) is 4.79 Å². The van der Waals surface area contributed by atoms with E-state index >= 15 is 0 Å². The fourth-order valence-electron chi connectivity index (χ4n) is 1.97. The molecule has 0 bridgehead atoms. The molecule has 120 valence electrons. The minimum Gasteiger partial charge on any atom is -0.385 e. The third-order valence-electron chi connectivity index (χ3n) is 3.15. The molecule has 0 atom stereocenters. The Balaban J connectivity index is 1.86. The number of nitrogens with one attached hydrogen (secondary N) is 2. The molecule has 2 aromatic rings. The van der Waals surface area contributed by atoms with Crippen LogP contribution in [0.5, 0.6) is 0 Å². The molecule has 2 rings (SSSR count). The van der Waals surface area contributed by atoms with E-state index in [2.05, 4.69) is 10.6 Å². The second kappa shape index (κ2) is 7.99. The summed E-state index contributed by atoms with van der Waals surface area (Å²) in [6, 6.07) is 12.0. The van der Waals surface area contributed by atoms with Gasteiger partial charge in [0, 0.05) is 29.2 Å². The molecule has 0 aromatic heterocycles. The SMILES string of the molecule is CC(=O)c1cccc(NCCC(=O)Nc2cc(Cl)ccc2Cl)c1. The van der Waals surface area contributed by atoms with Crippen LogP contribution in [0.15, 0.2) is 42.5 Å². The molecule has 0 aliphatic heterocycles. The molecule has 1 amide bonds. The van der Waals surface area contributed by atoms with Gasteiger partial charge in [0.25, 0.3) is 0 Å². The third kappa shape index (κ3) is 5.27. The summed E-state index contributed by atoms with van der Waals surface area (Å²) in [7, 11) is 0. The number of anilines is 2. The molecule has 0 aliphatic rings. The number of hydrogen-bond acceptors (Lipinski definition) is 3. The molecule has 2 aromatic carbocycles. The van der Waals surface area contributed by atoms with E-state index in [1.54, 1.807) is 36.4 Å². The molecule has 0 spiro atoms. The zero-order valence-corrected chi connectivity index (χ0v) is 14.0. The van der Waals surface area contributed by atoms with Gasteiger partial charge >= 0.3 is 0 Å². The highest BCUT2D eigenvalue weighted by atomic mass is 35.5. The Morgan fingerprint density at radius 2 is 1.87 bits per heavy atom. The zero-order valence-electron chi connectivity index (χ0n) is 12.5. The molecule has 0 aliphatic carbocycles. The Hall–Kier alpha value is -2.04. The van der Waals surface area contributed by atoms with Gasteiger partial charge in [-0.05, 0) is 37.3 Å². The molecule has 0 heterocycles. The molecule has 0 unspecified atom stereocenters. The first-order chi connectivity index (χ1) is 11.0. The first-order valence-electron chi connectivity index (χ1n) is 7.05. The molecule has 0 saturated heterocycles. The molecular formula is C17H16Cl2N2O2. The van der Waals surface area contributed by atoms with Crippen molar-refractivity contribution in [1.29, 1.82) is 0 Å². The van der Waals surface area contributed by atoms with Gasteiger partial charge in [0.2, 0.25) is 5.91 Å². The molecule has 0 saturated carbocycles. The number of rotatable bonds is 6. The van der Waals surface area contributed by atoms with Gasteiger partial charge in [-0.25, -0.2) is 0 Å². The molecule has 4 nitrogen and oxygen atoms in total. The lowest BCUT2D eigenvalue weighted by molar-refractivity contribution is -0.115. The van der Waals surface area contributed by atoms with Gasteiger partial charge in [-0.15, -0.1) is 0 Å². The van der Waals surface area contributed by atoms with Crippen LogP contribution in [0.4, 0.5) is 11.4 Å². The second-order valence-electron chi connectivity index (χ2n) is 4.99. The lowest BCUT2D eigenvalue weighted by Crippen LogP contribution is -2.16. The lowest BCUT2D eigenvalue weighted by Gasteiger charge is -2.09. The minimum absolute atomic E-state index is 0.00184. The first-order valence-corrected chi connectivity index (χ1v) is 7.81. The molecule has 23 heavy (non-hydrogen) atoms. The second-order valence-corrected chi connectivity index (χ2v) is 5.83. The Morgan fingerprint density at radius 3 is 2.61 bits per heavy atom. The summed E-state index contributed by atoms with van der Waals surface area (Å²) in [5, 5.41) is 6.77. The van der Waals surface area contributed by atoms with Crippen LogP contribution < -0.4 is 10.6 Å². The van der Waals surface area contributed by atoms with Crippen molar-refractivity contribution in [3.63, 3.8) is 0 Å². The van der Waals surface area contributed by atoms with E-state index < -0.39 is 0 Å². The summed E-state index contributed by atoms with van der Waals surface area (Å²) < 4.78 is 0. The largest absolute Gasteiger partial charge is 0.385 e.